The second kappa shape index (κ2) is 21.2. The lowest BCUT2D eigenvalue weighted by Crippen LogP contribution is -2.45. The standard InChI is InChI=1S/C22H34N6O7.C7H8.5H2/c1-2-3-10-23-17(30)12-25-19(32)14-27-20(33)15-26-18(31)13-24-16(29)7-5-4-6-11-28-21(34)8-9-22(28)35;1-7-5-3-2-4-6-7;;;;;/h8-9H,2-7,10-15H2,1H3,(H,23,30)(H,24,29)(H,25,32)(H,26,31)(H,27,33);2-6H,1H3;5*1H. The topological polar surface area (TPSA) is 183 Å². The van der Waals surface area contributed by atoms with Gasteiger partial charge in [-0.3, -0.25) is 38.5 Å². The molecule has 0 fully saturated rings. The summed E-state index contributed by atoms with van der Waals surface area (Å²) in [4.78, 5) is 82.4. The highest BCUT2D eigenvalue weighted by Gasteiger charge is 2.22. The Morgan fingerprint density at radius 1 is 0.643 bits per heavy atom. The molecule has 1 aliphatic heterocycles. The molecule has 1 aromatic carbocycles. The number of aryl methyl sites for hydroxylation is 1. The van der Waals surface area contributed by atoms with Crippen LogP contribution in [0.2, 0.25) is 0 Å². The molecule has 0 aliphatic carbocycles. The Morgan fingerprint density at radius 2 is 1.12 bits per heavy atom. The molecule has 0 spiro atoms. The zero-order valence-corrected chi connectivity index (χ0v) is 24.3. The highest BCUT2D eigenvalue weighted by atomic mass is 16.2. The summed E-state index contributed by atoms with van der Waals surface area (Å²) in [5.41, 5.74) is 1.32. The molecule has 0 radical (unpaired) electrons. The lowest BCUT2D eigenvalue weighted by Gasteiger charge is -2.13. The molecule has 1 heterocycles. The minimum absolute atomic E-state index is 0. The molecular formula is C29H52N6O7. The number of rotatable bonds is 17. The van der Waals surface area contributed by atoms with Crippen LogP contribution in [-0.4, -0.2) is 85.5 Å². The molecule has 7 amide bonds. The summed E-state index contributed by atoms with van der Waals surface area (Å²) in [7, 11) is 0. The van der Waals surface area contributed by atoms with E-state index in [9.17, 15) is 33.6 Å². The van der Waals surface area contributed by atoms with Gasteiger partial charge in [0.25, 0.3) is 11.8 Å². The van der Waals surface area contributed by atoms with Gasteiger partial charge in [-0.25, -0.2) is 0 Å². The summed E-state index contributed by atoms with van der Waals surface area (Å²) in [6.07, 6.45) is 6.14. The van der Waals surface area contributed by atoms with Gasteiger partial charge in [0.15, 0.2) is 0 Å². The van der Waals surface area contributed by atoms with Crippen molar-refractivity contribution in [3.05, 3.63) is 48.0 Å². The molecule has 0 atom stereocenters. The number of amides is 7. The summed E-state index contributed by atoms with van der Waals surface area (Å²) in [5.74, 6) is -3.04. The van der Waals surface area contributed by atoms with Crippen molar-refractivity contribution in [1.82, 2.24) is 31.5 Å². The van der Waals surface area contributed by atoms with Crippen LogP contribution in [0.3, 0.4) is 0 Å². The van der Waals surface area contributed by atoms with Crippen molar-refractivity contribution < 1.29 is 40.7 Å². The average molecular weight is 597 g/mol. The first-order valence-electron chi connectivity index (χ1n) is 14.0. The van der Waals surface area contributed by atoms with Crippen LogP contribution in [0.5, 0.6) is 0 Å². The zero-order valence-electron chi connectivity index (χ0n) is 24.3. The Kier molecular flexibility index (Phi) is 17.9. The van der Waals surface area contributed by atoms with Crippen molar-refractivity contribution in [3.63, 3.8) is 0 Å². The first-order chi connectivity index (χ1) is 20.1. The maximum atomic E-state index is 11.8. The number of unbranched alkanes of at least 4 members (excludes halogenated alkanes) is 3. The van der Waals surface area contributed by atoms with Gasteiger partial charge in [-0.05, 0) is 26.2 Å². The van der Waals surface area contributed by atoms with Gasteiger partial charge in [-0.15, -0.1) is 0 Å². The van der Waals surface area contributed by atoms with Gasteiger partial charge in [-0.1, -0.05) is 55.7 Å². The number of nitrogens with zero attached hydrogens (tertiary/aromatic N) is 1. The largest absolute Gasteiger partial charge is 0.355 e. The Morgan fingerprint density at radius 3 is 1.57 bits per heavy atom. The number of hydrogen-bond donors (Lipinski definition) is 5. The Hall–Kier alpha value is -4.55. The summed E-state index contributed by atoms with van der Waals surface area (Å²) in [6.45, 7) is 3.70. The minimum Gasteiger partial charge on any atom is -0.355 e. The van der Waals surface area contributed by atoms with Crippen molar-refractivity contribution in [3.8, 4) is 0 Å². The average Bonchev–Trinajstić information content (AvgIpc) is 3.29. The van der Waals surface area contributed by atoms with E-state index < -0.39 is 17.7 Å². The third-order valence-electron chi connectivity index (χ3n) is 5.76. The molecule has 1 aromatic rings. The van der Waals surface area contributed by atoms with Crippen molar-refractivity contribution in [2.75, 3.05) is 39.3 Å². The molecular weight excluding hydrogens is 544 g/mol. The molecule has 240 valence electrons. The number of carbonyl (C=O) groups excluding carboxylic acids is 7. The van der Waals surface area contributed by atoms with E-state index in [1.54, 1.807) is 0 Å². The van der Waals surface area contributed by atoms with Gasteiger partial charge in [0.2, 0.25) is 29.5 Å². The van der Waals surface area contributed by atoms with Crippen molar-refractivity contribution in [2.45, 2.75) is 52.4 Å². The predicted molar refractivity (Wildman–Crippen MR) is 166 cm³/mol. The van der Waals surface area contributed by atoms with Crippen LogP contribution in [0.4, 0.5) is 0 Å². The molecule has 0 aromatic heterocycles. The Balaban J connectivity index is -0.000000433. The minimum atomic E-state index is -0.600. The molecule has 0 saturated heterocycles. The molecule has 1 aliphatic rings. The molecule has 42 heavy (non-hydrogen) atoms. The first-order valence-corrected chi connectivity index (χ1v) is 14.0. The zero-order chi connectivity index (χ0) is 31.2. The van der Waals surface area contributed by atoms with E-state index in [2.05, 4.69) is 45.6 Å². The number of hydrogen-bond acceptors (Lipinski definition) is 7. The van der Waals surface area contributed by atoms with Crippen LogP contribution in [0.25, 0.3) is 0 Å². The van der Waals surface area contributed by atoms with E-state index in [1.807, 2.05) is 25.1 Å². The van der Waals surface area contributed by atoms with Crippen molar-refractivity contribution >= 4 is 41.4 Å². The molecule has 0 saturated carbocycles. The van der Waals surface area contributed by atoms with E-state index in [0.29, 0.717) is 32.4 Å². The van der Waals surface area contributed by atoms with Gasteiger partial charge < -0.3 is 26.6 Å². The molecule has 13 nitrogen and oxygen atoms in total. The fraction of sp³-hybridized carbons (Fsp3) is 0.483. The van der Waals surface area contributed by atoms with Crippen LogP contribution in [-0.2, 0) is 33.6 Å². The number of imide groups is 1. The van der Waals surface area contributed by atoms with E-state index >= 15 is 0 Å². The molecule has 0 bridgehead atoms. The number of carbonyl (C=O) groups is 7. The predicted octanol–water partition coefficient (Wildman–Crippen LogP) is 1.08. The maximum Gasteiger partial charge on any atom is 0.253 e. The van der Waals surface area contributed by atoms with E-state index in [-0.39, 0.29) is 63.4 Å². The lowest BCUT2D eigenvalue weighted by atomic mass is 10.2. The lowest BCUT2D eigenvalue weighted by molar-refractivity contribution is -0.137. The van der Waals surface area contributed by atoms with E-state index in [1.165, 1.54) is 17.7 Å². The van der Waals surface area contributed by atoms with Crippen LogP contribution >= 0.6 is 0 Å². The number of nitrogens with one attached hydrogen (secondary N) is 5. The van der Waals surface area contributed by atoms with Gasteiger partial charge in [0.1, 0.15) is 0 Å². The fourth-order valence-corrected chi connectivity index (χ4v) is 3.38. The summed E-state index contributed by atoms with van der Waals surface area (Å²) >= 11 is 0. The van der Waals surface area contributed by atoms with Crippen LogP contribution in [0, 0.1) is 6.92 Å². The molecule has 5 N–H and O–H groups in total. The van der Waals surface area contributed by atoms with E-state index in [4.69, 9.17) is 0 Å². The third-order valence-corrected chi connectivity index (χ3v) is 5.76. The third kappa shape index (κ3) is 17.2. The van der Waals surface area contributed by atoms with Crippen LogP contribution < -0.4 is 26.6 Å². The SMILES string of the molecule is CCCCNC(=O)CNC(=O)CNC(=O)CNC(=O)CNC(=O)CCCCCN1C(=O)C=CC1=O.Cc1ccccc1.[HH].[HH].[HH].[HH].[HH]. The summed E-state index contributed by atoms with van der Waals surface area (Å²) < 4.78 is 0. The van der Waals surface area contributed by atoms with Crippen molar-refractivity contribution in [2.24, 2.45) is 0 Å². The molecule has 13 heteroatoms. The second-order valence-corrected chi connectivity index (χ2v) is 9.44. The quantitative estimate of drug-likeness (QED) is 0.132. The van der Waals surface area contributed by atoms with Gasteiger partial charge in [0.05, 0.1) is 26.2 Å². The van der Waals surface area contributed by atoms with Gasteiger partial charge in [0, 0.05) is 38.8 Å². The number of benzene rings is 1. The fourth-order valence-electron chi connectivity index (χ4n) is 3.38. The van der Waals surface area contributed by atoms with Gasteiger partial charge in [-0.2, -0.15) is 0 Å². The Labute approximate surface area is 253 Å². The summed E-state index contributed by atoms with van der Waals surface area (Å²) in [6, 6.07) is 10.3. The first kappa shape index (κ1) is 35.5. The van der Waals surface area contributed by atoms with E-state index in [0.717, 1.165) is 17.7 Å². The smallest absolute Gasteiger partial charge is 0.253 e. The normalized spacial score (nSPS) is 11.7. The maximum absolute atomic E-state index is 11.8. The Bertz CT molecular complexity index is 1100. The van der Waals surface area contributed by atoms with Crippen molar-refractivity contribution in [1.29, 1.82) is 0 Å². The molecule has 2 rings (SSSR count). The summed E-state index contributed by atoms with van der Waals surface area (Å²) in [5, 5.41) is 12.1. The van der Waals surface area contributed by atoms with Gasteiger partial charge >= 0.3 is 0 Å². The highest BCUT2D eigenvalue weighted by Crippen LogP contribution is 2.07. The van der Waals surface area contributed by atoms with Crippen LogP contribution in [0.15, 0.2) is 42.5 Å². The van der Waals surface area contributed by atoms with Crippen LogP contribution in [0.1, 0.15) is 58.1 Å². The molecule has 0 unspecified atom stereocenters. The second-order valence-electron chi connectivity index (χ2n) is 9.44. The highest BCUT2D eigenvalue weighted by molar-refractivity contribution is 6.12. The monoisotopic (exact) mass is 596 g/mol.